The predicted octanol–water partition coefficient (Wildman–Crippen LogP) is 2.54. The molecule has 0 saturated carbocycles. The van der Waals surface area contributed by atoms with Crippen molar-refractivity contribution in [1.82, 2.24) is 4.57 Å². The van der Waals surface area contributed by atoms with E-state index in [1.54, 1.807) is 19.2 Å². The molecular weight excluding hydrogens is 270 g/mol. The first kappa shape index (κ1) is 15.3. The molecule has 0 aliphatic heterocycles. The number of aromatic carboxylic acids is 1. The summed E-state index contributed by atoms with van der Waals surface area (Å²) in [5.74, 6) is -1.08. The molecule has 2 rings (SSSR count). The first-order valence-electron chi connectivity index (χ1n) is 6.86. The molecule has 2 N–H and O–H groups in total. The van der Waals surface area contributed by atoms with E-state index in [1.807, 2.05) is 11.5 Å². The van der Waals surface area contributed by atoms with Crippen molar-refractivity contribution in [3.63, 3.8) is 0 Å². The van der Waals surface area contributed by atoms with Crippen LogP contribution in [0, 0.1) is 13.8 Å². The zero-order chi connectivity index (χ0) is 15.7. The van der Waals surface area contributed by atoms with Crippen molar-refractivity contribution in [2.75, 3.05) is 6.61 Å². The van der Waals surface area contributed by atoms with Crippen LogP contribution in [0.5, 0.6) is 0 Å². The number of aryl methyl sites for hydroxylation is 3. The molecule has 0 unspecified atom stereocenters. The predicted molar refractivity (Wildman–Crippen MR) is 80.1 cm³/mol. The minimum absolute atomic E-state index is 0.0698. The molecule has 1 aromatic heterocycles. The molecule has 0 aliphatic rings. The Balaban J connectivity index is 2.84. The number of rotatable bonds is 5. The van der Waals surface area contributed by atoms with E-state index in [-0.39, 0.29) is 18.0 Å². The summed E-state index contributed by atoms with van der Waals surface area (Å²) in [6.07, 6.45) is 2.34. The zero-order valence-electron chi connectivity index (χ0n) is 12.4. The summed E-state index contributed by atoms with van der Waals surface area (Å²) < 4.78 is 1.93. The Kier molecular flexibility index (Phi) is 4.14. The SMILES string of the molecule is CC(=O)c1cn(CCCO)c2c(C)cc(C(=O)O)c(C)c12. The third-order valence-corrected chi connectivity index (χ3v) is 3.76. The number of carboxylic acids is 1. The largest absolute Gasteiger partial charge is 0.478 e. The molecule has 0 atom stereocenters. The van der Waals surface area contributed by atoms with Gasteiger partial charge in [-0.1, -0.05) is 0 Å². The van der Waals surface area contributed by atoms with Crippen molar-refractivity contribution in [2.45, 2.75) is 33.7 Å². The Morgan fingerprint density at radius 2 is 1.90 bits per heavy atom. The van der Waals surface area contributed by atoms with E-state index in [0.717, 1.165) is 11.1 Å². The zero-order valence-corrected chi connectivity index (χ0v) is 12.4. The number of fused-ring (bicyclic) bond motifs is 1. The second-order valence-electron chi connectivity index (χ2n) is 5.26. The average molecular weight is 289 g/mol. The van der Waals surface area contributed by atoms with Gasteiger partial charge in [0.1, 0.15) is 0 Å². The lowest BCUT2D eigenvalue weighted by molar-refractivity contribution is 0.0696. The number of carbonyl (C=O) groups is 2. The maximum atomic E-state index is 11.9. The van der Waals surface area contributed by atoms with Gasteiger partial charge in [-0.3, -0.25) is 4.79 Å². The highest BCUT2D eigenvalue weighted by Crippen LogP contribution is 2.31. The summed E-state index contributed by atoms with van der Waals surface area (Å²) in [7, 11) is 0. The summed E-state index contributed by atoms with van der Waals surface area (Å²) in [4.78, 5) is 23.2. The van der Waals surface area contributed by atoms with Crippen LogP contribution in [0.25, 0.3) is 10.9 Å². The number of hydrogen-bond acceptors (Lipinski definition) is 3. The van der Waals surface area contributed by atoms with Crippen molar-refractivity contribution in [1.29, 1.82) is 0 Å². The topological polar surface area (TPSA) is 79.5 Å². The van der Waals surface area contributed by atoms with Gasteiger partial charge in [-0.2, -0.15) is 0 Å². The Bertz CT molecular complexity index is 728. The van der Waals surface area contributed by atoms with Crippen LogP contribution >= 0.6 is 0 Å². The summed E-state index contributed by atoms with van der Waals surface area (Å²) >= 11 is 0. The van der Waals surface area contributed by atoms with Crippen molar-refractivity contribution < 1.29 is 19.8 Å². The van der Waals surface area contributed by atoms with Crippen molar-refractivity contribution in [3.8, 4) is 0 Å². The highest BCUT2D eigenvalue weighted by molar-refractivity contribution is 6.11. The van der Waals surface area contributed by atoms with Gasteiger partial charge in [-0.25, -0.2) is 4.79 Å². The number of aliphatic hydroxyl groups excluding tert-OH is 1. The molecule has 0 saturated heterocycles. The van der Waals surface area contributed by atoms with Crippen LogP contribution in [0.1, 0.15) is 45.2 Å². The Hall–Kier alpha value is -2.14. The van der Waals surface area contributed by atoms with E-state index in [2.05, 4.69) is 0 Å². The Labute approximate surface area is 122 Å². The van der Waals surface area contributed by atoms with E-state index in [1.165, 1.54) is 6.92 Å². The van der Waals surface area contributed by atoms with Gasteiger partial charge in [0.05, 0.1) is 11.1 Å². The molecule has 0 radical (unpaired) electrons. The fourth-order valence-electron chi connectivity index (χ4n) is 2.79. The van der Waals surface area contributed by atoms with Crippen LogP contribution < -0.4 is 0 Å². The molecule has 21 heavy (non-hydrogen) atoms. The van der Waals surface area contributed by atoms with Crippen LogP contribution in [0.3, 0.4) is 0 Å². The Morgan fingerprint density at radius 3 is 2.43 bits per heavy atom. The van der Waals surface area contributed by atoms with Gasteiger partial charge in [-0.15, -0.1) is 0 Å². The van der Waals surface area contributed by atoms with Crippen LogP contribution in [-0.2, 0) is 6.54 Å². The smallest absolute Gasteiger partial charge is 0.335 e. The van der Waals surface area contributed by atoms with Gasteiger partial charge >= 0.3 is 5.97 Å². The third kappa shape index (κ3) is 2.56. The number of ketones is 1. The van der Waals surface area contributed by atoms with Crippen molar-refractivity contribution in [2.24, 2.45) is 0 Å². The molecule has 1 aromatic carbocycles. The summed E-state index contributed by atoms with van der Waals surface area (Å²) in [5, 5.41) is 19.0. The molecule has 0 spiro atoms. The van der Waals surface area contributed by atoms with Crippen LogP contribution in [0.2, 0.25) is 0 Å². The molecule has 5 heteroatoms. The van der Waals surface area contributed by atoms with E-state index in [0.29, 0.717) is 29.5 Å². The highest BCUT2D eigenvalue weighted by atomic mass is 16.4. The first-order valence-corrected chi connectivity index (χ1v) is 6.86. The van der Waals surface area contributed by atoms with E-state index >= 15 is 0 Å². The molecule has 0 aliphatic carbocycles. The van der Waals surface area contributed by atoms with Crippen LogP contribution in [0.4, 0.5) is 0 Å². The molecule has 112 valence electrons. The number of Topliss-reactive ketones (excluding diaryl/α,β-unsaturated/α-hetero) is 1. The third-order valence-electron chi connectivity index (χ3n) is 3.76. The number of nitrogens with zero attached hydrogens (tertiary/aromatic N) is 1. The molecule has 2 aromatic rings. The molecule has 0 fully saturated rings. The van der Waals surface area contributed by atoms with Gasteiger partial charge < -0.3 is 14.8 Å². The number of carbonyl (C=O) groups excluding carboxylic acids is 1. The molecular formula is C16H19NO4. The van der Waals surface area contributed by atoms with Crippen LogP contribution in [0.15, 0.2) is 12.3 Å². The number of hydrogen-bond donors (Lipinski definition) is 2. The number of aliphatic hydroxyl groups is 1. The lowest BCUT2D eigenvalue weighted by atomic mass is 9.97. The van der Waals surface area contributed by atoms with Crippen molar-refractivity contribution in [3.05, 3.63) is 34.5 Å². The van der Waals surface area contributed by atoms with Gasteiger partial charge in [0.2, 0.25) is 0 Å². The quantitative estimate of drug-likeness (QED) is 0.829. The Morgan fingerprint density at radius 1 is 1.24 bits per heavy atom. The van der Waals surface area contributed by atoms with Gasteiger partial charge in [0.15, 0.2) is 5.78 Å². The molecule has 0 bridgehead atoms. The standard InChI is InChI=1S/C16H19NO4/c1-9-7-12(16(20)21)10(2)14-13(11(3)19)8-17(15(9)14)5-4-6-18/h7-8,18H,4-6H2,1-3H3,(H,20,21). The second-order valence-corrected chi connectivity index (χ2v) is 5.26. The van der Waals surface area contributed by atoms with Crippen LogP contribution in [-0.4, -0.2) is 33.1 Å². The minimum Gasteiger partial charge on any atom is -0.478 e. The normalized spacial score (nSPS) is 11.0. The second kappa shape index (κ2) is 5.69. The van der Waals surface area contributed by atoms with Gasteiger partial charge in [0, 0.05) is 30.3 Å². The highest BCUT2D eigenvalue weighted by Gasteiger charge is 2.20. The first-order chi connectivity index (χ1) is 9.88. The van der Waals surface area contributed by atoms with Gasteiger partial charge in [-0.05, 0) is 44.4 Å². The number of benzene rings is 1. The monoisotopic (exact) mass is 289 g/mol. The fraction of sp³-hybridized carbons (Fsp3) is 0.375. The van der Waals surface area contributed by atoms with E-state index in [9.17, 15) is 14.7 Å². The fourth-order valence-corrected chi connectivity index (χ4v) is 2.79. The maximum Gasteiger partial charge on any atom is 0.335 e. The summed E-state index contributed by atoms with van der Waals surface area (Å²) in [6.45, 7) is 5.71. The summed E-state index contributed by atoms with van der Waals surface area (Å²) in [5.41, 5.74) is 3.06. The molecule has 5 nitrogen and oxygen atoms in total. The maximum absolute atomic E-state index is 11.9. The molecule has 1 heterocycles. The average Bonchev–Trinajstić information content (AvgIpc) is 2.80. The molecule has 0 amide bonds. The van der Waals surface area contributed by atoms with E-state index < -0.39 is 5.97 Å². The summed E-state index contributed by atoms with van der Waals surface area (Å²) in [6, 6.07) is 1.64. The van der Waals surface area contributed by atoms with E-state index in [4.69, 9.17) is 5.11 Å². The van der Waals surface area contributed by atoms with Gasteiger partial charge in [0.25, 0.3) is 0 Å². The lowest BCUT2D eigenvalue weighted by Crippen LogP contribution is -2.04. The minimum atomic E-state index is -0.991. The number of carboxylic acid groups (broad SMARTS) is 1. The number of aromatic nitrogens is 1. The van der Waals surface area contributed by atoms with Crippen molar-refractivity contribution >= 4 is 22.7 Å². The lowest BCUT2D eigenvalue weighted by Gasteiger charge is -2.10.